The van der Waals surface area contributed by atoms with Crippen LogP contribution in [0.2, 0.25) is 0 Å². The predicted octanol–water partition coefficient (Wildman–Crippen LogP) is 4.41. The molecule has 0 amide bonds. The van der Waals surface area contributed by atoms with Crippen molar-refractivity contribution < 1.29 is 38.1 Å². The lowest BCUT2D eigenvalue weighted by atomic mass is 9.71. The molecule has 2 aliphatic rings. The van der Waals surface area contributed by atoms with Crippen LogP contribution in [0.5, 0.6) is 17.2 Å². The lowest BCUT2D eigenvalue weighted by molar-refractivity contribution is -0.140. The van der Waals surface area contributed by atoms with Crippen molar-refractivity contribution in [2.75, 3.05) is 13.2 Å². The number of carboxylic acid groups (broad SMARTS) is 1. The fourth-order valence-electron chi connectivity index (χ4n) is 6.00. The summed E-state index contributed by atoms with van der Waals surface area (Å²) in [5.74, 6) is -0.374. The summed E-state index contributed by atoms with van der Waals surface area (Å²) in [5, 5.41) is 11.4. The highest BCUT2D eigenvalue weighted by Crippen LogP contribution is 2.55. The number of rotatable bonds is 10. The summed E-state index contributed by atoms with van der Waals surface area (Å²) in [5.41, 5.74) is -1.22. The van der Waals surface area contributed by atoms with E-state index in [1.165, 1.54) is 6.92 Å². The van der Waals surface area contributed by atoms with Crippen molar-refractivity contribution >= 4 is 31.4 Å². The van der Waals surface area contributed by atoms with E-state index >= 15 is 0 Å². The summed E-state index contributed by atoms with van der Waals surface area (Å²) in [6, 6.07) is 25.6. The van der Waals surface area contributed by atoms with Gasteiger partial charge < -0.3 is 28.5 Å². The maximum Gasteiger partial charge on any atom is 0.341 e. The second-order valence-corrected chi connectivity index (χ2v) is 13.9. The molecule has 9 heteroatoms. The number of aliphatic carboxylic acids is 1. The van der Waals surface area contributed by atoms with Crippen LogP contribution < -0.4 is 24.6 Å². The smallest absolute Gasteiger partial charge is 0.341 e. The average molecular weight is 602 g/mol. The number of ether oxygens (including phenoxy) is 4. The number of carbonyl (C=O) groups is 2. The number of fused-ring (bicyclic) bond motifs is 2. The first-order valence-electron chi connectivity index (χ1n) is 14.4. The number of esters is 1. The second kappa shape index (κ2) is 12.6. The van der Waals surface area contributed by atoms with E-state index in [-0.39, 0.29) is 23.9 Å². The van der Waals surface area contributed by atoms with Gasteiger partial charge in [0.05, 0.1) is 0 Å². The van der Waals surface area contributed by atoms with Crippen LogP contribution in [0.25, 0.3) is 0 Å². The molecule has 0 spiro atoms. The fourth-order valence-corrected chi connectivity index (χ4v) is 8.23. The lowest BCUT2D eigenvalue weighted by Crippen LogP contribution is -2.60. The van der Waals surface area contributed by atoms with Crippen LogP contribution in [-0.4, -0.2) is 57.1 Å². The zero-order valence-corrected chi connectivity index (χ0v) is 25.8. The van der Waals surface area contributed by atoms with Crippen molar-refractivity contribution in [3.05, 3.63) is 91.0 Å². The molecule has 1 saturated carbocycles. The number of benzene rings is 3. The summed E-state index contributed by atoms with van der Waals surface area (Å²) in [7, 11) is -1.82. The van der Waals surface area contributed by atoms with E-state index < -0.39 is 39.4 Å². The maximum absolute atomic E-state index is 11.6. The minimum absolute atomic E-state index is 0.0753. The summed E-state index contributed by atoms with van der Waals surface area (Å²) in [4.78, 5) is 22.8. The highest BCUT2D eigenvalue weighted by molar-refractivity contribution is 6.80. The number of carboxylic acids is 1. The van der Waals surface area contributed by atoms with Crippen LogP contribution in [0.1, 0.15) is 34.1 Å². The average Bonchev–Trinajstić information content (AvgIpc) is 3.30. The molecule has 4 atom stereocenters. The summed E-state index contributed by atoms with van der Waals surface area (Å²) in [6.45, 7) is 7.52. The van der Waals surface area contributed by atoms with Gasteiger partial charge in [-0.15, -0.1) is 0 Å². The Morgan fingerprint density at radius 1 is 0.977 bits per heavy atom. The van der Waals surface area contributed by atoms with Gasteiger partial charge in [-0.3, -0.25) is 4.79 Å². The third kappa shape index (κ3) is 6.63. The van der Waals surface area contributed by atoms with Crippen LogP contribution in [0.3, 0.4) is 0 Å². The molecule has 1 heterocycles. The van der Waals surface area contributed by atoms with E-state index in [0.29, 0.717) is 23.7 Å². The van der Waals surface area contributed by atoms with Gasteiger partial charge in [0, 0.05) is 12.8 Å². The van der Waals surface area contributed by atoms with E-state index in [1.54, 1.807) is 18.2 Å². The topological polar surface area (TPSA) is 101 Å². The molecule has 225 valence electrons. The van der Waals surface area contributed by atoms with Crippen molar-refractivity contribution in [3.8, 4) is 17.2 Å². The molecule has 8 nitrogen and oxygen atoms in total. The molecule has 0 aromatic heterocycles. The van der Waals surface area contributed by atoms with Crippen molar-refractivity contribution in [1.82, 2.24) is 0 Å². The zero-order valence-electron chi connectivity index (χ0n) is 24.8. The van der Waals surface area contributed by atoms with Crippen LogP contribution >= 0.6 is 0 Å². The summed E-state index contributed by atoms with van der Waals surface area (Å²) >= 11 is 0. The molecule has 43 heavy (non-hydrogen) atoms. The highest BCUT2D eigenvalue weighted by Gasteiger charge is 2.63. The van der Waals surface area contributed by atoms with Gasteiger partial charge in [0.1, 0.15) is 18.3 Å². The minimum Gasteiger partial charge on any atom is -0.479 e. The summed E-state index contributed by atoms with van der Waals surface area (Å²) < 4.78 is 31.7. The van der Waals surface area contributed by atoms with Crippen molar-refractivity contribution in [2.45, 2.75) is 51.9 Å². The molecule has 3 aromatic carbocycles. The molecular formula is C34H37O8Si. The quantitative estimate of drug-likeness (QED) is 0.207. The van der Waals surface area contributed by atoms with Gasteiger partial charge >= 0.3 is 11.9 Å². The van der Waals surface area contributed by atoms with E-state index in [1.807, 2.05) is 48.6 Å². The van der Waals surface area contributed by atoms with E-state index in [9.17, 15) is 14.7 Å². The molecule has 0 saturated heterocycles. The van der Waals surface area contributed by atoms with Crippen LogP contribution in [0.15, 0.2) is 91.0 Å². The Hall–Kier alpha value is -4.08. The van der Waals surface area contributed by atoms with Gasteiger partial charge in [-0.2, -0.15) is 0 Å². The van der Waals surface area contributed by atoms with E-state index in [2.05, 4.69) is 45.0 Å². The first kappa shape index (κ1) is 30.4. The van der Waals surface area contributed by atoms with Gasteiger partial charge in [0.25, 0.3) is 9.04 Å². The Labute approximate surface area is 253 Å². The molecule has 0 unspecified atom stereocenters. The van der Waals surface area contributed by atoms with E-state index in [0.717, 1.165) is 10.4 Å². The normalized spacial score (nSPS) is 22.8. The van der Waals surface area contributed by atoms with Crippen LogP contribution in [-0.2, 0) is 18.8 Å². The molecular weight excluding hydrogens is 564 g/mol. The Kier molecular flexibility index (Phi) is 8.94. The maximum atomic E-state index is 11.6. The van der Waals surface area contributed by atoms with Gasteiger partial charge in [-0.25, -0.2) is 4.79 Å². The Balaban J connectivity index is 1.63. The van der Waals surface area contributed by atoms with Crippen molar-refractivity contribution in [1.29, 1.82) is 0 Å². The molecule has 1 aliphatic carbocycles. The van der Waals surface area contributed by atoms with Crippen LogP contribution in [0, 0.1) is 11.3 Å². The fraction of sp³-hybridized carbons (Fsp3) is 0.353. The van der Waals surface area contributed by atoms with Gasteiger partial charge in [0.2, 0.25) is 5.75 Å². The first-order valence-corrected chi connectivity index (χ1v) is 15.8. The number of hydrogen-bond donors (Lipinski definition) is 1. The predicted molar refractivity (Wildman–Crippen MR) is 163 cm³/mol. The molecule has 1 fully saturated rings. The highest BCUT2D eigenvalue weighted by atomic mass is 28.3. The molecule has 3 aromatic rings. The monoisotopic (exact) mass is 601 g/mol. The van der Waals surface area contributed by atoms with Crippen LogP contribution in [0.4, 0.5) is 0 Å². The molecule has 1 radical (unpaired) electrons. The largest absolute Gasteiger partial charge is 0.479 e. The van der Waals surface area contributed by atoms with Crippen molar-refractivity contribution in [2.24, 2.45) is 11.3 Å². The zero-order chi connectivity index (χ0) is 30.6. The number of hydrogen-bond acceptors (Lipinski definition) is 7. The third-order valence-corrected chi connectivity index (χ3v) is 10.0. The summed E-state index contributed by atoms with van der Waals surface area (Å²) in [6.07, 6.45) is 3.48. The first-order chi connectivity index (χ1) is 20.6. The Morgan fingerprint density at radius 2 is 1.63 bits per heavy atom. The second-order valence-electron chi connectivity index (χ2n) is 11.8. The Bertz CT molecular complexity index is 1410. The molecule has 1 aliphatic heterocycles. The standard InChI is InChI=1S/C34H37O8Si/c1-23(35)38-20-12-19-34(42-43(24-13-7-5-8-14-24)25-15-9-6-10-16-25)29(33(2,3)4)21-28-32(34)41-27-18-11-17-26(31(27)40-28)39-22-30(36)37/h5-19,28-29,32H,20-22H2,1-4H3,(H,36,37)/t28-,29+,32+,34+/m0/s1. The number of para-hydroxylation sites is 1. The minimum atomic E-state index is -1.82. The molecule has 0 bridgehead atoms. The van der Waals surface area contributed by atoms with Gasteiger partial charge in [-0.05, 0) is 40.4 Å². The molecule has 5 rings (SSSR count). The van der Waals surface area contributed by atoms with E-state index in [4.69, 9.17) is 23.4 Å². The Morgan fingerprint density at radius 3 is 2.21 bits per heavy atom. The SMILES string of the molecule is CC(=O)OCC=C[C@]1(O[Si](c2ccccc2)c2ccccc2)[C@@H]2Oc3cccc(OCC(=O)O)c3O[C@H]2C[C@@H]1C(C)(C)C. The molecule has 1 N–H and O–H groups in total. The lowest BCUT2D eigenvalue weighted by Gasteiger charge is -2.46. The van der Waals surface area contributed by atoms with Crippen molar-refractivity contribution in [3.63, 3.8) is 0 Å². The number of carbonyl (C=O) groups excluding carboxylic acids is 1. The van der Waals surface area contributed by atoms with Gasteiger partial charge in [-0.1, -0.05) is 93.6 Å². The van der Waals surface area contributed by atoms with Gasteiger partial charge in [0.15, 0.2) is 24.2 Å². The third-order valence-electron chi connectivity index (χ3n) is 7.77.